The van der Waals surface area contributed by atoms with E-state index in [-0.39, 0.29) is 11.3 Å². The van der Waals surface area contributed by atoms with Crippen LogP contribution in [-0.2, 0) is 13.2 Å². The molecule has 0 saturated heterocycles. The number of rotatable bonds is 7. The van der Waals surface area contributed by atoms with Crippen LogP contribution in [0.5, 0.6) is 17.2 Å². The minimum absolute atomic E-state index is 0.122. The first-order valence-corrected chi connectivity index (χ1v) is 12.1. The van der Waals surface area contributed by atoms with E-state index in [1.54, 1.807) is 30.7 Å². The number of aromatic hydroxyl groups is 1. The molecular weight excluding hydrogens is 464 g/mol. The lowest BCUT2D eigenvalue weighted by Crippen LogP contribution is -2.38. The third kappa shape index (κ3) is 4.78. The third-order valence-electron chi connectivity index (χ3n) is 6.52. The maximum Gasteiger partial charge on any atom is 0.341 e. The Labute approximate surface area is 215 Å². The summed E-state index contributed by atoms with van der Waals surface area (Å²) in [6, 6.07) is 26.7. The number of fused-ring (bicyclic) bond motifs is 1. The monoisotopic (exact) mass is 493 g/mol. The number of pyridine rings is 1. The SMILES string of the molecule is COc1cc(Cn2c(=O)c(C)c(-c3ccccc3O)[n+]3ccccc23)ccc1OCc1ccc(C)cc1. The van der Waals surface area contributed by atoms with Gasteiger partial charge >= 0.3 is 5.56 Å². The first-order valence-electron chi connectivity index (χ1n) is 12.1. The van der Waals surface area contributed by atoms with Gasteiger partial charge in [0.15, 0.2) is 17.2 Å². The number of nitrogens with zero attached hydrogens (tertiary/aromatic N) is 2. The molecule has 2 aromatic heterocycles. The van der Waals surface area contributed by atoms with Crippen LogP contribution >= 0.6 is 0 Å². The number of methoxy groups -OCH3 is 1. The molecule has 186 valence electrons. The zero-order valence-electron chi connectivity index (χ0n) is 21.1. The Morgan fingerprint density at radius 2 is 1.59 bits per heavy atom. The molecule has 5 rings (SSSR count). The van der Waals surface area contributed by atoms with Crippen molar-refractivity contribution in [3.63, 3.8) is 0 Å². The quantitative estimate of drug-likeness (QED) is 0.316. The van der Waals surface area contributed by atoms with Crippen molar-refractivity contribution >= 4 is 5.65 Å². The maximum absolute atomic E-state index is 13.6. The highest BCUT2D eigenvalue weighted by Crippen LogP contribution is 2.30. The van der Waals surface area contributed by atoms with Gasteiger partial charge in [0.2, 0.25) is 0 Å². The standard InChI is InChI=1S/C31H28N2O4/c1-21-11-13-23(14-12-21)20-37-27-16-15-24(18-28(27)36-3)19-33-29-10-6-7-17-32(29)30(22(2)31(33)35)25-8-4-5-9-26(25)34/h4-18H,19-20H2,1-3H3/p+1. The number of para-hydroxylation sites is 1. The Hall–Kier alpha value is -4.58. The second kappa shape index (κ2) is 10.2. The summed E-state index contributed by atoms with van der Waals surface area (Å²) in [5.41, 5.74) is 5.62. The molecule has 0 spiro atoms. The lowest BCUT2D eigenvalue weighted by Gasteiger charge is -2.14. The van der Waals surface area contributed by atoms with Gasteiger partial charge in [0.25, 0.3) is 5.65 Å². The van der Waals surface area contributed by atoms with E-state index < -0.39 is 0 Å². The number of hydrogen-bond donors (Lipinski definition) is 1. The normalized spacial score (nSPS) is 11.0. The van der Waals surface area contributed by atoms with Gasteiger partial charge in [-0.15, -0.1) is 0 Å². The lowest BCUT2D eigenvalue weighted by molar-refractivity contribution is -0.504. The topological polar surface area (TPSA) is 64.8 Å². The van der Waals surface area contributed by atoms with Crippen LogP contribution in [0, 0.1) is 13.8 Å². The highest BCUT2D eigenvalue weighted by molar-refractivity contribution is 5.67. The second-order valence-electron chi connectivity index (χ2n) is 9.07. The van der Waals surface area contributed by atoms with Crippen molar-refractivity contribution in [2.45, 2.75) is 27.0 Å². The molecular formula is C31H29N2O4+. The predicted molar refractivity (Wildman–Crippen MR) is 143 cm³/mol. The molecule has 0 aliphatic heterocycles. The van der Waals surface area contributed by atoms with Gasteiger partial charge in [-0.2, -0.15) is 8.97 Å². The van der Waals surface area contributed by atoms with Crippen LogP contribution in [0.2, 0.25) is 0 Å². The Morgan fingerprint density at radius 3 is 2.35 bits per heavy atom. The van der Waals surface area contributed by atoms with Gasteiger partial charge in [0, 0.05) is 6.07 Å². The molecule has 6 heteroatoms. The van der Waals surface area contributed by atoms with Crippen molar-refractivity contribution in [1.29, 1.82) is 0 Å². The van der Waals surface area contributed by atoms with E-state index in [0.717, 1.165) is 16.8 Å². The van der Waals surface area contributed by atoms with Gasteiger partial charge in [-0.1, -0.05) is 54.1 Å². The smallest absolute Gasteiger partial charge is 0.341 e. The van der Waals surface area contributed by atoms with Gasteiger partial charge in [-0.25, -0.2) is 4.79 Å². The van der Waals surface area contributed by atoms with Crippen molar-refractivity contribution in [2.24, 2.45) is 0 Å². The molecule has 0 aliphatic rings. The molecule has 0 unspecified atom stereocenters. The van der Waals surface area contributed by atoms with Gasteiger partial charge < -0.3 is 14.6 Å². The van der Waals surface area contributed by atoms with Crippen molar-refractivity contribution in [2.75, 3.05) is 7.11 Å². The lowest BCUT2D eigenvalue weighted by atomic mass is 10.1. The zero-order chi connectivity index (χ0) is 25.9. The van der Waals surface area contributed by atoms with Gasteiger partial charge in [0.1, 0.15) is 18.9 Å². The van der Waals surface area contributed by atoms with Crippen LogP contribution in [0.4, 0.5) is 0 Å². The third-order valence-corrected chi connectivity index (χ3v) is 6.52. The number of phenolic OH excluding ortho intramolecular Hbond substituents is 1. The molecule has 0 fully saturated rings. The van der Waals surface area contributed by atoms with Gasteiger partial charge in [-0.05, 0) is 55.3 Å². The fourth-order valence-electron chi connectivity index (χ4n) is 4.55. The summed E-state index contributed by atoms with van der Waals surface area (Å²) in [6.07, 6.45) is 1.91. The van der Waals surface area contributed by atoms with Crippen LogP contribution < -0.4 is 19.4 Å². The highest BCUT2D eigenvalue weighted by Gasteiger charge is 2.24. The minimum atomic E-state index is -0.122. The number of ether oxygens (including phenoxy) is 2. The van der Waals surface area contributed by atoms with E-state index in [1.165, 1.54) is 5.56 Å². The summed E-state index contributed by atoms with van der Waals surface area (Å²) in [7, 11) is 1.61. The fraction of sp³-hybridized carbons (Fsp3) is 0.161. The summed E-state index contributed by atoms with van der Waals surface area (Å²) in [6.45, 7) is 4.63. The van der Waals surface area contributed by atoms with Crippen molar-refractivity contribution in [1.82, 2.24) is 4.57 Å². The molecule has 0 radical (unpaired) electrons. The molecule has 0 amide bonds. The van der Waals surface area contributed by atoms with Crippen molar-refractivity contribution < 1.29 is 19.0 Å². The molecule has 3 aromatic carbocycles. The molecule has 0 aliphatic carbocycles. The van der Waals surface area contributed by atoms with Crippen LogP contribution in [0.1, 0.15) is 22.3 Å². The summed E-state index contributed by atoms with van der Waals surface area (Å²) in [5, 5.41) is 10.5. The summed E-state index contributed by atoms with van der Waals surface area (Å²) in [5.74, 6) is 1.38. The number of aromatic nitrogens is 2. The average molecular weight is 494 g/mol. The Kier molecular flexibility index (Phi) is 6.64. The number of aryl methyl sites for hydroxylation is 1. The average Bonchev–Trinajstić information content (AvgIpc) is 2.92. The van der Waals surface area contributed by atoms with Gasteiger partial charge in [0.05, 0.1) is 24.4 Å². The zero-order valence-corrected chi connectivity index (χ0v) is 21.1. The van der Waals surface area contributed by atoms with Crippen LogP contribution in [-0.4, -0.2) is 16.8 Å². The van der Waals surface area contributed by atoms with Gasteiger partial charge in [-0.3, -0.25) is 0 Å². The first-order chi connectivity index (χ1) is 18.0. The first kappa shape index (κ1) is 24.1. The molecule has 5 aromatic rings. The molecule has 6 nitrogen and oxygen atoms in total. The number of phenols is 1. The summed E-state index contributed by atoms with van der Waals surface area (Å²) in [4.78, 5) is 13.6. The van der Waals surface area contributed by atoms with E-state index in [1.807, 2.05) is 71.3 Å². The fourth-order valence-corrected chi connectivity index (χ4v) is 4.55. The van der Waals surface area contributed by atoms with Crippen LogP contribution in [0.25, 0.3) is 16.9 Å². The Bertz CT molecular complexity index is 1640. The molecule has 0 bridgehead atoms. The molecule has 0 atom stereocenters. The Balaban J connectivity index is 1.51. The molecule has 2 heterocycles. The van der Waals surface area contributed by atoms with E-state index >= 15 is 0 Å². The minimum Gasteiger partial charge on any atom is -0.507 e. The molecule has 0 saturated carbocycles. The van der Waals surface area contributed by atoms with Crippen molar-refractivity contribution in [3.05, 3.63) is 124 Å². The molecule has 1 N–H and O–H groups in total. The molecule has 37 heavy (non-hydrogen) atoms. The van der Waals surface area contributed by atoms with E-state index in [0.29, 0.717) is 41.5 Å². The largest absolute Gasteiger partial charge is 0.507 e. The van der Waals surface area contributed by atoms with Crippen LogP contribution in [0.3, 0.4) is 0 Å². The van der Waals surface area contributed by atoms with E-state index in [2.05, 4.69) is 19.1 Å². The van der Waals surface area contributed by atoms with Crippen molar-refractivity contribution in [3.8, 4) is 28.5 Å². The summed E-state index contributed by atoms with van der Waals surface area (Å²) >= 11 is 0. The second-order valence-corrected chi connectivity index (χ2v) is 9.07. The maximum atomic E-state index is 13.6. The van der Waals surface area contributed by atoms with Crippen LogP contribution in [0.15, 0.2) is 95.9 Å². The predicted octanol–water partition coefficient (Wildman–Crippen LogP) is 5.21. The van der Waals surface area contributed by atoms with E-state index in [9.17, 15) is 9.90 Å². The van der Waals surface area contributed by atoms with E-state index in [4.69, 9.17) is 9.47 Å². The highest BCUT2D eigenvalue weighted by atomic mass is 16.5. The Morgan fingerprint density at radius 1 is 0.865 bits per heavy atom. The number of benzene rings is 3. The number of hydrogen-bond acceptors (Lipinski definition) is 4. The summed E-state index contributed by atoms with van der Waals surface area (Å²) < 4.78 is 15.3.